The zero-order valence-corrected chi connectivity index (χ0v) is 13.3. The molecule has 5 nitrogen and oxygen atoms in total. The van der Waals surface area contributed by atoms with Crippen LogP contribution in [0, 0.1) is 12.8 Å². The molecule has 0 radical (unpaired) electrons. The Morgan fingerprint density at radius 3 is 2.77 bits per heavy atom. The van der Waals surface area contributed by atoms with Crippen molar-refractivity contribution in [1.29, 1.82) is 0 Å². The van der Waals surface area contributed by atoms with E-state index in [2.05, 4.69) is 10.4 Å². The van der Waals surface area contributed by atoms with E-state index in [0.717, 1.165) is 11.3 Å². The minimum atomic E-state index is -0.518. The SMILES string of the molecule is Cc1ccccc1-n1cc(C(=O)NCC(O)CC(C)C)cn1. The predicted octanol–water partition coefficient (Wildman–Crippen LogP) is 2.32. The van der Waals surface area contributed by atoms with Crippen molar-refractivity contribution in [2.75, 3.05) is 6.54 Å². The number of aliphatic hydroxyl groups excluding tert-OH is 1. The molecule has 2 rings (SSSR count). The highest BCUT2D eigenvalue weighted by Crippen LogP contribution is 2.13. The Balaban J connectivity index is 1.99. The van der Waals surface area contributed by atoms with Crippen LogP contribution in [0.5, 0.6) is 0 Å². The number of para-hydroxylation sites is 1. The quantitative estimate of drug-likeness (QED) is 0.860. The third-order valence-corrected chi connectivity index (χ3v) is 3.45. The number of nitrogens with one attached hydrogen (secondary N) is 1. The Kier molecular flexibility index (Phi) is 5.33. The van der Waals surface area contributed by atoms with Gasteiger partial charge in [-0.15, -0.1) is 0 Å². The number of aliphatic hydroxyl groups is 1. The molecule has 0 aliphatic heterocycles. The summed E-state index contributed by atoms with van der Waals surface area (Å²) in [6.45, 7) is 6.33. The fourth-order valence-electron chi connectivity index (χ4n) is 2.33. The molecular weight excluding hydrogens is 278 g/mol. The van der Waals surface area contributed by atoms with Gasteiger partial charge >= 0.3 is 0 Å². The van der Waals surface area contributed by atoms with Gasteiger partial charge in [0, 0.05) is 12.7 Å². The fourth-order valence-corrected chi connectivity index (χ4v) is 2.33. The van der Waals surface area contributed by atoms with Crippen LogP contribution in [0.3, 0.4) is 0 Å². The first-order valence-electron chi connectivity index (χ1n) is 7.54. The Hall–Kier alpha value is -2.14. The molecule has 5 heteroatoms. The first-order valence-corrected chi connectivity index (χ1v) is 7.54. The number of carbonyl (C=O) groups is 1. The van der Waals surface area contributed by atoms with E-state index in [4.69, 9.17) is 0 Å². The lowest BCUT2D eigenvalue weighted by Crippen LogP contribution is -2.32. The zero-order chi connectivity index (χ0) is 16.1. The van der Waals surface area contributed by atoms with Gasteiger partial charge in [0.1, 0.15) is 0 Å². The molecule has 0 fully saturated rings. The largest absolute Gasteiger partial charge is 0.391 e. The van der Waals surface area contributed by atoms with Crippen LogP contribution in [0.2, 0.25) is 0 Å². The minimum absolute atomic E-state index is 0.220. The second-order valence-electron chi connectivity index (χ2n) is 5.95. The number of benzene rings is 1. The molecular formula is C17H23N3O2. The predicted molar refractivity (Wildman–Crippen MR) is 86.1 cm³/mol. The number of aryl methyl sites for hydroxylation is 1. The monoisotopic (exact) mass is 301 g/mol. The topological polar surface area (TPSA) is 67.2 Å². The maximum atomic E-state index is 12.1. The molecule has 2 aromatic rings. The summed E-state index contributed by atoms with van der Waals surface area (Å²) >= 11 is 0. The summed E-state index contributed by atoms with van der Waals surface area (Å²) in [6.07, 6.45) is 3.39. The summed E-state index contributed by atoms with van der Waals surface area (Å²) < 4.78 is 1.69. The van der Waals surface area contributed by atoms with Crippen molar-refractivity contribution in [3.63, 3.8) is 0 Å². The van der Waals surface area contributed by atoms with Crippen LogP contribution in [0.25, 0.3) is 5.69 Å². The van der Waals surface area contributed by atoms with Crippen molar-refractivity contribution < 1.29 is 9.90 Å². The van der Waals surface area contributed by atoms with Gasteiger partial charge in [-0.05, 0) is 30.9 Å². The van der Waals surface area contributed by atoms with Crippen LogP contribution in [0.4, 0.5) is 0 Å². The summed E-state index contributed by atoms with van der Waals surface area (Å²) in [4.78, 5) is 12.1. The van der Waals surface area contributed by atoms with Crippen molar-refractivity contribution in [3.8, 4) is 5.69 Å². The molecule has 0 aliphatic carbocycles. The molecule has 2 N–H and O–H groups in total. The number of amides is 1. The average molecular weight is 301 g/mol. The first kappa shape index (κ1) is 16.2. The molecule has 1 aromatic carbocycles. The first-order chi connectivity index (χ1) is 10.5. The Bertz CT molecular complexity index is 634. The van der Waals surface area contributed by atoms with Crippen molar-refractivity contribution in [3.05, 3.63) is 47.8 Å². The fraction of sp³-hybridized carbons (Fsp3) is 0.412. The number of carbonyl (C=O) groups excluding carboxylic acids is 1. The number of nitrogens with zero attached hydrogens (tertiary/aromatic N) is 2. The van der Waals surface area contributed by atoms with Gasteiger partial charge in [0.15, 0.2) is 0 Å². The van der Waals surface area contributed by atoms with E-state index >= 15 is 0 Å². The molecule has 0 saturated carbocycles. The van der Waals surface area contributed by atoms with E-state index in [0.29, 0.717) is 17.9 Å². The highest BCUT2D eigenvalue weighted by Gasteiger charge is 2.13. The normalized spacial score (nSPS) is 12.4. The Morgan fingerprint density at radius 1 is 1.36 bits per heavy atom. The summed E-state index contributed by atoms with van der Waals surface area (Å²) in [5.41, 5.74) is 2.52. The molecule has 0 bridgehead atoms. The number of rotatable bonds is 6. The van der Waals surface area contributed by atoms with Gasteiger partial charge in [-0.1, -0.05) is 32.0 Å². The van der Waals surface area contributed by atoms with Gasteiger partial charge in [-0.3, -0.25) is 4.79 Å². The van der Waals surface area contributed by atoms with Crippen LogP contribution in [-0.2, 0) is 0 Å². The summed E-state index contributed by atoms with van der Waals surface area (Å²) in [6, 6.07) is 7.85. The summed E-state index contributed by atoms with van der Waals surface area (Å²) in [7, 11) is 0. The van der Waals surface area contributed by atoms with Crippen LogP contribution in [-0.4, -0.2) is 33.4 Å². The molecule has 22 heavy (non-hydrogen) atoms. The minimum Gasteiger partial charge on any atom is -0.391 e. The van der Waals surface area contributed by atoms with E-state index in [9.17, 15) is 9.90 Å². The molecule has 0 spiro atoms. The maximum absolute atomic E-state index is 12.1. The molecule has 118 valence electrons. The molecule has 1 heterocycles. The third kappa shape index (κ3) is 4.18. The smallest absolute Gasteiger partial charge is 0.254 e. The number of aromatic nitrogens is 2. The van der Waals surface area contributed by atoms with Crippen molar-refractivity contribution in [1.82, 2.24) is 15.1 Å². The van der Waals surface area contributed by atoms with Crippen LogP contribution < -0.4 is 5.32 Å². The molecule has 1 amide bonds. The summed E-state index contributed by atoms with van der Waals surface area (Å²) in [5.74, 6) is 0.179. The second kappa shape index (κ2) is 7.22. The second-order valence-corrected chi connectivity index (χ2v) is 5.95. The number of hydrogen-bond donors (Lipinski definition) is 2. The molecule has 1 unspecified atom stereocenters. The van der Waals surface area contributed by atoms with E-state index < -0.39 is 6.10 Å². The number of hydrogen-bond acceptors (Lipinski definition) is 3. The van der Waals surface area contributed by atoms with Crippen molar-refractivity contribution in [2.45, 2.75) is 33.3 Å². The molecule has 0 saturated heterocycles. The van der Waals surface area contributed by atoms with E-state index in [1.807, 2.05) is 45.0 Å². The third-order valence-electron chi connectivity index (χ3n) is 3.45. The van der Waals surface area contributed by atoms with Crippen LogP contribution in [0.15, 0.2) is 36.7 Å². The van der Waals surface area contributed by atoms with Gasteiger partial charge in [0.25, 0.3) is 5.91 Å². The zero-order valence-electron chi connectivity index (χ0n) is 13.3. The highest BCUT2D eigenvalue weighted by atomic mass is 16.3. The van der Waals surface area contributed by atoms with Crippen molar-refractivity contribution >= 4 is 5.91 Å². The van der Waals surface area contributed by atoms with Gasteiger partial charge in [-0.2, -0.15) is 5.10 Å². The maximum Gasteiger partial charge on any atom is 0.254 e. The van der Waals surface area contributed by atoms with Gasteiger partial charge in [-0.25, -0.2) is 4.68 Å². The average Bonchev–Trinajstić information content (AvgIpc) is 2.94. The van der Waals surface area contributed by atoms with E-state index in [1.165, 1.54) is 6.20 Å². The van der Waals surface area contributed by atoms with Gasteiger partial charge in [0.05, 0.1) is 23.6 Å². The standard InChI is InChI=1S/C17H23N3O2/c1-12(2)8-15(21)10-18-17(22)14-9-19-20(11-14)16-7-5-4-6-13(16)3/h4-7,9,11-12,15,21H,8,10H2,1-3H3,(H,18,22). The Labute approximate surface area is 131 Å². The lowest BCUT2D eigenvalue weighted by molar-refractivity contribution is 0.0900. The Morgan fingerprint density at radius 2 is 2.09 bits per heavy atom. The molecule has 1 aromatic heterocycles. The van der Waals surface area contributed by atoms with Crippen LogP contribution >= 0.6 is 0 Å². The van der Waals surface area contributed by atoms with E-state index in [1.54, 1.807) is 10.9 Å². The molecule has 1 atom stereocenters. The van der Waals surface area contributed by atoms with Gasteiger partial charge in [0.2, 0.25) is 0 Å². The highest BCUT2D eigenvalue weighted by molar-refractivity contribution is 5.93. The lowest BCUT2D eigenvalue weighted by Gasteiger charge is -2.13. The lowest BCUT2D eigenvalue weighted by atomic mass is 10.1. The van der Waals surface area contributed by atoms with Crippen molar-refractivity contribution in [2.24, 2.45) is 5.92 Å². The van der Waals surface area contributed by atoms with Crippen LogP contribution in [0.1, 0.15) is 36.2 Å². The van der Waals surface area contributed by atoms with Gasteiger partial charge < -0.3 is 10.4 Å². The summed E-state index contributed by atoms with van der Waals surface area (Å²) in [5, 5.41) is 16.8. The molecule has 0 aliphatic rings. The van der Waals surface area contributed by atoms with E-state index in [-0.39, 0.29) is 12.5 Å².